The molecule has 3 atom stereocenters. The molecule has 306 valence electrons. The fraction of sp³-hybridized carbons (Fsp3) is 0.545. The molecule has 0 bridgehead atoms. The molecule has 2 saturated carbocycles. The van der Waals surface area contributed by atoms with Crippen molar-refractivity contribution < 1.29 is 38.0 Å². The molecule has 3 saturated heterocycles. The number of anilines is 1. The molecule has 2 aromatic heterocycles. The van der Waals surface area contributed by atoms with Crippen LogP contribution < -0.4 is 14.4 Å². The second-order valence-corrected chi connectivity index (χ2v) is 17.2. The second kappa shape index (κ2) is 15.1. The van der Waals surface area contributed by atoms with E-state index in [2.05, 4.69) is 20.7 Å². The maximum atomic E-state index is 17.4. The number of aliphatic hydroxyl groups is 1. The SMILES string of the molecule is C#Cc1c(F)ccc2cc(O)cc(-c3nc(OC)c4c(N5CCOCC(C)(O)C5)nc(OCC56CCCC5N(C5CCN(C(=O)C7CC7)CC5)CCC6)nc4c3F)c12. The molecule has 3 aliphatic heterocycles. The molecule has 4 aromatic rings. The lowest BCUT2D eigenvalue weighted by atomic mass is 9.74. The molecular formula is C44H50F2N6O6. The largest absolute Gasteiger partial charge is 0.508 e. The van der Waals surface area contributed by atoms with Crippen LogP contribution in [0.15, 0.2) is 24.3 Å². The summed E-state index contributed by atoms with van der Waals surface area (Å²) >= 11 is 0. The Labute approximate surface area is 336 Å². The molecule has 12 nitrogen and oxygen atoms in total. The van der Waals surface area contributed by atoms with Crippen molar-refractivity contribution in [2.75, 3.05) is 64.6 Å². The van der Waals surface area contributed by atoms with Crippen molar-refractivity contribution in [2.24, 2.45) is 11.3 Å². The summed E-state index contributed by atoms with van der Waals surface area (Å²) in [5, 5.41) is 22.7. The number of fused-ring (bicyclic) bond motifs is 3. The van der Waals surface area contributed by atoms with Crippen LogP contribution in [-0.4, -0.2) is 118 Å². The average molecular weight is 797 g/mol. The lowest BCUT2D eigenvalue weighted by molar-refractivity contribution is -0.134. The van der Waals surface area contributed by atoms with E-state index < -0.39 is 17.2 Å². The number of hydrogen-bond donors (Lipinski definition) is 2. The van der Waals surface area contributed by atoms with Crippen LogP contribution in [0.2, 0.25) is 0 Å². The van der Waals surface area contributed by atoms with Gasteiger partial charge in [-0.1, -0.05) is 18.4 Å². The lowest BCUT2D eigenvalue weighted by Crippen LogP contribution is -2.57. The van der Waals surface area contributed by atoms with E-state index in [1.807, 2.05) is 4.90 Å². The van der Waals surface area contributed by atoms with Gasteiger partial charge in [0.15, 0.2) is 5.82 Å². The normalized spacial score (nSPS) is 25.8. The van der Waals surface area contributed by atoms with E-state index in [1.54, 1.807) is 6.92 Å². The van der Waals surface area contributed by atoms with Gasteiger partial charge < -0.3 is 34.2 Å². The van der Waals surface area contributed by atoms with Crippen molar-refractivity contribution in [3.63, 3.8) is 0 Å². The minimum absolute atomic E-state index is 0.0184. The first kappa shape index (κ1) is 38.7. The molecular weight excluding hydrogens is 747 g/mol. The van der Waals surface area contributed by atoms with Gasteiger partial charge >= 0.3 is 6.01 Å². The Hall–Kier alpha value is -4.84. The third-order valence-corrected chi connectivity index (χ3v) is 13.1. The molecule has 1 amide bonds. The van der Waals surface area contributed by atoms with E-state index in [0.29, 0.717) is 36.5 Å². The number of β-amino-alcohol motifs (C(OH)–C–C–N with tert-alkyl or cyclic N) is 1. The summed E-state index contributed by atoms with van der Waals surface area (Å²) in [6, 6.07) is 6.05. The van der Waals surface area contributed by atoms with Gasteiger partial charge in [-0.2, -0.15) is 9.97 Å². The maximum Gasteiger partial charge on any atom is 0.319 e. The molecule has 14 heteroatoms. The first-order valence-corrected chi connectivity index (χ1v) is 20.6. The average Bonchev–Trinajstić information content (AvgIpc) is 4.01. The molecule has 3 unspecified atom stereocenters. The second-order valence-electron chi connectivity index (χ2n) is 17.2. The van der Waals surface area contributed by atoms with Crippen LogP contribution in [0.1, 0.15) is 70.3 Å². The van der Waals surface area contributed by atoms with Crippen molar-refractivity contribution in [3.05, 3.63) is 41.5 Å². The zero-order chi connectivity index (χ0) is 40.3. The van der Waals surface area contributed by atoms with Crippen LogP contribution in [0.5, 0.6) is 17.6 Å². The van der Waals surface area contributed by atoms with Gasteiger partial charge in [-0.25, -0.2) is 13.8 Å². The summed E-state index contributed by atoms with van der Waals surface area (Å²) in [5.74, 6) is 1.45. The summed E-state index contributed by atoms with van der Waals surface area (Å²) in [6.07, 6.45) is 14.8. The van der Waals surface area contributed by atoms with Crippen LogP contribution in [0.25, 0.3) is 32.9 Å². The summed E-state index contributed by atoms with van der Waals surface area (Å²) < 4.78 is 50.7. The van der Waals surface area contributed by atoms with Gasteiger partial charge in [0.2, 0.25) is 11.8 Å². The van der Waals surface area contributed by atoms with Gasteiger partial charge in [-0.05, 0) is 88.4 Å². The molecule has 2 aliphatic carbocycles. The number of aromatic hydroxyl groups is 1. The number of aromatic nitrogens is 3. The summed E-state index contributed by atoms with van der Waals surface area (Å²) in [6.45, 7) is 5.42. The quantitative estimate of drug-likeness (QED) is 0.209. The molecule has 58 heavy (non-hydrogen) atoms. The monoisotopic (exact) mass is 796 g/mol. The van der Waals surface area contributed by atoms with E-state index in [0.717, 1.165) is 77.4 Å². The van der Waals surface area contributed by atoms with Gasteiger partial charge in [0, 0.05) is 54.0 Å². The number of piperidine rings is 2. The molecule has 0 radical (unpaired) electrons. The van der Waals surface area contributed by atoms with Crippen LogP contribution in [0.4, 0.5) is 14.6 Å². The minimum atomic E-state index is -1.26. The van der Waals surface area contributed by atoms with E-state index in [4.69, 9.17) is 30.6 Å². The molecule has 5 fully saturated rings. The Kier molecular flexibility index (Phi) is 10.1. The van der Waals surface area contributed by atoms with Crippen LogP contribution >= 0.6 is 0 Å². The number of halogens is 2. The van der Waals surface area contributed by atoms with E-state index >= 15 is 8.78 Å². The zero-order valence-corrected chi connectivity index (χ0v) is 33.1. The molecule has 2 N–H and O–H groups in total. The Morgan fingerprint density at radius 1 is 1.03 bits per heavy atom. The number of amides is 1. The number of terminal acetylenes is 1. The van der Waals surface area contributed by atoms with Crippen LogP contribution in [0, 0.1) is 35.3 Å². The van der Waals surface area contributed by atoms with Crippen molar-refractivity contribution in [1.29, 1.82) is 0 Å². The number of carbonyl (C=O) groups excluding carboxylic acids is 1. The smallest absolute Gasteiger partial charge is 0.319 e. The predicted molar refractivity (Wildman–Crippen MR) is 214 cm³/mol. The highest BCUT2D eigenvalue weighted by Gasteiger charge is 2.50. The van der Waals surface area contributed by atoms with Crippen LogP contribution in [0.3, 0.4) is 0 Å². The highest BCUT2D eigenvalue weighted by Crippen LogP contribution is 2.50. The summed E-state index contributed by atoms with van der Waals surface area (Å²) in [5.41, 5.74) is -1.86. The van der Waals surface area contributed by atoms with Gasteiger partial charge in [0.1, 0.15) is 39.6 Å². The summed E-state index contributed by atoms with van der Waals surface area (Å²) in [4.78, 5) is 33.6. The third-order valence-electron chi connectivity index (χ3n) is 13.1. The molecule has 9 rings (SSSR count). The van der Waals surface area contributed by atoms with E-state index in [9.17, 15) is 15.0 Å². The Morgan fingerprint density at radius 2 is 1.83 bits per heavy atom. The van der Waals surface area contributed by atoms with E-state index in [1.165, 1.54) is 31.4 Å². The molecule has 5 aliphatic rings. The number of phenolic OH excluding ortho intramolecular Hbond substituents is 1. The van der Waals surface area contributed by atoms with Crippen molar-refractivity contribution >= 4 is 33.4 Å². The zero-order valence-electron chi connectivity index (χ0n) is 33.1. The minimum Gasteiger partial charge on any atom is -0.508 e. The number of benzene rings is 2. The number of likely N-dealkylation sites (tertiary alicyclic amines) is 2. The van der Waals surface area contributed by atoms with Crippen LogP contribution in [-0.2, 0) is 9.53 Å². The number of nitrogens with zero attached hydrogens (tertiary/aromatic N) is 6. The molecule has 2 aromatic carbocycles. The lowest BCUT2D eigenvalue weighted by Gasteiger charge is -2.50. The summed E-state index contributed by atoms with van der Waals surface area (Å²) in [7, 11) is 1.40. The Balaban J connectivity index is 1.11. The number of methoxy groups -OCH3 is 1. The number of ether oxygens (including phenoxy) is 3. The predicted octanol–water partition coefficient (Wildman–Crippen LogP) is 5.82. The van der Waals surface area contributed by atoms with Gasteiger partial charge in [0.05, 0.1) is 39.0 Å². The third kappa shape index (κ3) is 6.94. The number of rotatable bonds is 8. The van der Waals surface area contributed by atoms with Crippen molar-refractivity contribution in [3.8, 4) is 41.2 Å². The number of carbonyl (C=O) groups is 1. The number of phenols is 1. The molecule has 5 heterocycles. The topological polar surface area (TPSA) is 134 Å². The first-order valence-electron chi connectivity index (χ1n) is 20.6. The standard InChI is InChI=1S/C44H50F2N6O6/c1-4-30-32(45)11-10-27-21-29(53)22-31(34(27)30)37-36(46)38-35(40(47-37)56-3)39(51-19-20-57-24-43(2,55)23-51)49-42(48-38)58-25-44-14-5-7-33(44)52(16-6-15-44)28-12-17-50(18-13-28)41(54)26-8-9-26/h1,10-11,21-22,26,28,33,53,55H,5-9,12-20,23-25H2,2-3H3. The number of hydrogen-bond acceptors (Lipinski definition) is 11. The number of pyridine rings is 1. The fourth-order valence-corrected chi connectivity index (χ4v) is 10.3. The highest BCUT2D eigenvalue weighted by atomic mass is 19.1. The molecule has 0 spiro atoms. The maximum absolute atomic E-state index is 17.4. The Morgan fingerprint density at radius 3 is 2.59 bits per heavy atom. The fourth-order valence-electron chi connectivity index (χ4n) is 10.3. The van der Waals surface area contributed by atoms with Gasteiger partial charge in [-0.15, -0.1) is 6.42 Å². The highest BCUT2D eigenvalue weighted by molar-refractivity contribution is 6.04. The van der Waals surface area contributed by atoms with Crippen molar-refractivity contribution in [1.82, 2.24) is 24.8 Å². The van der Waals surface area contributed by atoms with Gasteiger partial charge in [-0.3, -0.25) is 9.69 Å². The van der Waals surface area contributed by atoms with E-state index in [-0.39, 0.29) is 87.7 Å². The van der Waals surface area contributed by atoms with Gasteiger partial charge in [0.25, 0.3) is 0 Å². The Bertz CT molecular complexity index is 2310. The van der Waals surface area contributed by atoms with Crippen molar-refractivity contribution in [2.45, 2.75) is 82.4 Å². The first-order chi connectivity index (χ1) is 28.0.